The van der Waals surface area contributed by atoms with E-state index in [1.54, 1.807) is 31.3 Å². The van der Waals surface area contributed by atoms with E-state index < -0.39 is 6.04 Å². The summed E-state index contributed by atoms with van der Waals surface area (Å²) in [6, 6.07) is 6.74. The molecule has 2 rings (SSSR count). The molecule has 1 aromatic rings. The molecule has 0 radical (unpaired) electrons. The lowest BCUT2D eigenvalue weighted by atomic mass is 9.99. The fraction of sp³-hybridized carbons (Fsp3) is 0.444. The minimum atomic E-state index is -0.421. The van der Waals surface area contributed by atoms with Gasteiger partial charge >= 0.3 is 0 Å². The van der Waals surface area contributed by atoms with Crippen LogP contribution in [0.2, 0.25) is 0 Å². The predicted molar refractivity (Wildman–Crippen MR) is 102 cm³/mol. The molecule has 1 aliphatic heterocycles. The average Bonchev–Trinajstić information content (AvgIpc) is 2.95. The van der Waals surface area contributed by atoms with E-state index >= 15 is 0 Å². The third-order valence-electron chi connectivity index (χ3n) is 4.12. The Kier molecular flexibility index (Phi) is 6.59. The Morgan fingerprint density at radius 3 is 2.72 bits per heavy atom. The first kappa shape index (κ1) is 19.4. The van der Waals surface area contributed by atoms with E-state index in [1.807, 2.05) is 0 Å². The van der Waals surface area contributed by atoms with Crippen LogP contribution in [-0.2, 0) is 9.59 Å². The number of benzene rings is 1. The highest BCUT2D eigenvalue weighted by molar-refractivity contribution is 9.09. The van der Waals surface area contributed by atoms with Crippen molar-refractivity contribution in [3.8, 4) is 12.3 Å². The highest BCUT2D eigenvalue weighted by Crippen LogP contribution is 2.22. The molecule has 3 unspecified atom stereocenters. The first-order valence-corrected chi connectivity index (χ1v) is 9.01. The van der Waals surface area contributed by atoms with E-state index in [-0.39, 0.29) is 29.2 Å². The lowest BCUT2D eigenvalue weighted by Crippen LogP contribution is -2.48. The van der Waals surface area contributed by atoms with Crippen LogP contribution in [0.1, 0.15) is 19.4 Å². The monoisotopic (exact) mass is 406 g/mol. The van der Waals surface area contributed by atoms with E-state index in [4.69, 9.17) is 6.42 Å². The first-order valence-electron chi connectivity index (χ1n) is 8.10. The lowest BCUT2D eigenvalue weighted by Gasteiger charge is -2.23. The molecule has 0 saturated carbocycles. The molecule has 3 N–H and O–H groups in total. The van der Waals surface area contributed by atoms with Crippen molar-refractivity contribution < 1.29 is 9.59 Å². The summed E-state index contributed by atoms with van der Waals surface area (Å²) in [6.45, 7) is 4.13. The van der Waals surface area contributed by atoms with Crippen LogP contribution in [0, 0.1) is 18.3 Å². The molecule has 1 fully saturated rings. The van der Waals surface area contributed by atoms with Gasteiger partial charge in [-0.2, -0.15) is 0 Å². The number of amides is 2. The number of alkyl halides is 1. The molecule has 0 aliphatic carbocycles. The molecule has 6 nitrogen and oxygen atoms in total. The summed E-state index contributed by atoms with van der Waals surface area (Å²) in [5.41, 5.74) is 7.45. The van der Waals surface area contributed by atoms with Crippen molar-refractivity contribution in [3.05, 3.63) is 29.8 Å². The Labute approximate surface area is 156 Å². The van der Waals surface area contributed by atoms with Crippen molar-refractivity contribution in [1.29, 1.82) is 0 Å². The summed E-state index contributed by atoms with van der Waals surface area (Å²) in [5, 5.41) is 2.76. The van der Waals surface area contributed by atoms with Gasteiger partial charge in [0.25, 0.3) is 0 Å². The minimum Gasteiger partial charge on any atom is -0.335 e. The van der Waals surface area contributed by atoms with Gasteiger partial charge in [0.15, 0.2) is 0 Å². The number of hydrogen-bond donors (Lipinski definition) is 3. The SMILES string of the molecule is C#Cc1cccc(NC(=O)CN(C)C(=O)C2NNC(C(C)C)C2Br)c1. The summed E-state index contributed by atoms with van der Waals surface area (Å²) in [7, 11) is 1.61. The molecule has 0 spiro atoms. The molecule has 7 heteroatoms. The molecule has 134 valence electrons. The quantitative estimate of drug-likeness (QED) is 0.509. The summed E-state index contributed by atoms with van der Waals surface area (Å²) >= 11 is 3.58. The average molecular weight is 407 g/mol. The molecular formula is C18H23BrN4O2. The number of likely N-dealkylation sites (N-methyl/N-ethyl adjacent to an activating group) is 1. The highest BCUT2D eigenvalue weighted by atomic mass is 79.9. The Morgan fingerprint density at radius 2 is 2.12 bits per heavy atom. The Hall–Kier alpha value is -1.88. The number of rotatable bonds is 5. The van der Waals surface area contributed by atoms with E-state index in [9.17, 15) is 9.59 Å². The zero-order valence-corrected chi connectivity index (χ0v) is 16.1. The third-order valence-corrected chi connectivity index (χ3v) is 5.22. The Morgan fingerprint density at radius 1 is 1.40 bits per heavy atom. The van der Waals surface area contributed by atoms with Crippen molar-refractivity contribution in [2.75, 3.05) is 18.9 Å². The van der Waals surface area contributed by atoms with Crippen LogP contribution < -0.4 is 16.2 Å². The van der Waals surface area contributed by atoms with Gasteiger partial charge in [-0.1, -0.05) is 41.8 Å². The fourth-order valence-electron chi connectivity index (χ4n) is 2.70. The van der Waals surface area contributed by atoms with Gasteiger partial charge in [0.2, 0.25) is 11.8 Å². The van der Waals surface area contributed by atoms with Crippen molar-refractivity contribution in [2.24, 2.45) is 5.92 Å². The van der Waals surface area contributed by atoms with Crippen molar-refractivity contribution >= 4 is 33.4 Å². The Bertz CT molecular complexity index is 686. The molecular weight excluding hydrogens is 384 g/mol. The van der Waals surface area contributed by atoms with Crippen LogP contribution >= 0.6 is 15.9 Å². The number of nitrogens with zero attached hydrogens (tertiary/aromatic N) is 1. The van der Waals surface area contributed by atoms with Gasteiger partial charge in [-0.3, -0.25) is 15.0 Å². The maximum Gasteiger partial charge on any atom is 0.243 e. The van der Waals surface area contributed by atoms with E-state index in [0.29, 0.717) is 17.2 Å². The smallest absolute Gasteiger partial charge is 0.243 e. The third kappa shape index (κ3) is 4.82. The van der Waals surface area contributed by atoms with E-state index in [0.717, 1.165) is 0 Å². The standard InChI is InChI=1S/C18H23BrN4O2/c1-5-12-7-6-8-13(9-12)20-14(24)10-23(4)18(25)17-15(19)16(11(2)3)21-22-17/h1,6-9,11,15-17,21-22H,10H2,2-4H3,(H,20,24). The van der Waals surface area contributed by atoms with Crippen molar-refractivity contribution in [3.63, 3.8) is 0 Å². The molecule has 1 aromatic carbocycles. The summed E-state index contributed by atoms with van der Waals surface area (Å²) in [5.74, 6) is 2.46. The first-order chi connectivity index (χ1) is 11.8. The van der Waals surface area contributed by atoms with Gasteiger partial charge in [0, 0.05) is 24.3 Å². The van der Waals surface area contributed by atoms with Crippen LogP contribution in [0.3, 0.4) is 0 Å². The fourth-order valence-corrected chi connectivity index (χ4v) is 3.80. The maximum atomic E-state index is 12.6. The normalized spacial score (nSPS) is 22.5. The molecule has 0 aromatic heterocycles. The molecule has 3 atom stereocenters. The zero-order valence-electron chi connectivity index (χ0n) is 14.5. The number of carbonyl (C=O) groups excluding carboxylic acids is 2. The highest BCUT2D eigenvalue weighted by Gasteiger charge is 2.41. The number of hydrazine groups is 1. The van der Waals surface area contributed by atoms with Gasteiger partial charge in [-0.25, -0.2) is 5.43 Å². The molecule has 2 amide bonds. The van der Waals surface area contributed by atoms with Crippen LogP contribution in [0.4, 0.5) is 5.69 Å². The minimum absolute atomic E-state index is 0.0383. The molecule has 1 aliphatic rings. The van der Waals surface area contributed by atoms with E-state index in [1.165, 1.54) is 4.90 Å². The van der Waals surface area contributed by atoms with Gasteiger partial charge in [0.05, 0.1) is 11.4 Å². The number of anilines is 1. The van der Waals surface area contributed by atoms with Gasteiger partial charge in [-0.15, -0.1) is 6.42 Å². The van der Waals surface area contributed by atoms with Crippen LogP contribution in [0.15, 0.2) is 24.3 Å². The van der Waals surface area contributed by atoms with E-state index in [2.05, 4.69) is 51.9 Å². The van der Waals surface area contributed by atoms with Gasteiger partial charge in [0.1, 0.15) is 6.04 Å². The largest absolute Gasteiger partial charge is 0.335 e. The number of halogens is 1. The molecule has 1 saturated heterocycles. The Balaban J connectivity index is 1.92. The summed E-state index contributed by atoms with van der Waals surface area (Å²) < 4.78 is 0. The van der Waals surface area contributed by atoms with Crippen molar-refractivity contribution in [2.45, 2.75) is 30.8 Å². The zero-order chi connectivity index (χ0) is 18.6. The van der Waals surface area contributed by atoms with Gasteiger partial charge in [-0.05, 0) is 24.1 Å². The summed E-state index contributed by atoms with van der Waals surface area (Å²) in [6.07, 6.45) is 5.35. The molecule has 1 heterocycles. The number of hydrogen-bond acceptors (Lipinski definition) is 4. The molecule has 25 heavy (non-hydrogen) atoms. The number of terminal acetylenes is 1. The topological polar surface area (TPSA) is 73.5 Å². The van der Waals surface area contributed by atoms with Gasteiger partial charge < -0.3 is 10.2 Å². The second-order valence-electron chi connectivity index (χ2n) is 6.45. The van der Waals surface area contributed by atoms with Crippen molar-refractivity contribution in [1.82, 2.24) is 15.8 Å². The van der Waals surface area contributed by atoms with Crippen LogP contribution in [0.25, 0.3) is 0 Å². The van der Waals surface area contributed by atoms with Crippen LogP contribution in [0.5, 0.6) is 0 Å². The predicted octanol–water partition coefficient (Wildman–Crippen LogP) is 1.33. The second kappa shape index (κ2) is 8.48. The molecule has 0 bridgehead atoms. The maximum absolute atomic E-state index is 12.6. The lowest BCUT2D eigenvalue weighted by molar-refractivity contribution is -0.134. The van der Waals surface area contributed by atoms with Crippen LogP contribution in [-0.4, -0.2) is 47.2 Å². The second-order valence-corrected chi connectivity index (χ2v) is 7.51. The number of nitrogens with one attached hydrogen (secondary N) is 3. The summed E-state index contributed by atoms with van der Waals surface area (Å²) in [4.78, 5) is 26.2. The number of carbonyl (C=O) groups is 2.